The van der Waals surface area contributed by atoms with Crippen molar-refractivity contribution in [1.82, 2.24) is 10.3 Å². The third-order valence-electron chi connectivity index (χ3n) is 2.22. The summed E-state index contributed by atoms with van der Waals surface area (Å²) >= 11 is 1.37. The third-order valence-corrected chi connectivity index (χ3v) is 2.98. The van der Waals surface area contributed by atoms with Gasteiger partial charge in [-0.2, -0.15) is 0 Å². The first-order valence-corrected chi connectivity index (χ1v) is 6.58. The second-order valence-electron chi connectivity index (χ2n) is 4.10. The minimum atomic E-state index is -0.859. The Morgan fingerprint density at radius 2 is 2.22 bits per heavy atom. The van der Waals surface area contributed by atoms with E-state index in [0.717, 1.165) is 10.7 Å². The van der Waals surface area contributed by atoms with Crippen molar-refractivity contribution in [1.29, 1.82) is 0 Å². The highest BCUT2D eigenvalue weighted by atomic mass is 32.1. The van der Waals surface area contributed by atoms with E-state index in [2.05, 4.69) is 15.6 Å². The molecule has 1 aromatic rings. The number of rotatable bonds is 6. The summed E-state index contributed by atoms with van der Waals surface area (Å²) in [5, 5.41) is 14.5. The largest absolute Gasteiger partial charge is 0.481 e. The number of aliphatic carboxylic acids is 1. The van der Waals surface area contributed by atoms with Gasteiger partial charge >= 0.3 is 12.0 Å². The zero-order valence-electron chi connectivity index (χ0n) is 10.4. The van der Waals surface area contributed by atoms with Gasteiger partial charge in [0.25, 0.3) is 0 Å². The van der Waals surface area contributed by atoms with E-state index in [1.807, 2.05) is 13.8 Å². The van der Waals surface area contributed by atoms with Crippen LogP contribution >= 0.6 is 11.3 Å². The molecule has 0 saturated carbocycles. The van der Waals surface area contributed by atoms with Crippen molar-refractivity contribution in [2.24, 2.45) is 0 Å². The Bertz CT molecular complexity index is 417. The van der Waals surface area contributed by atoms with E-state index >= 15 is 0 Å². The van der Waals surface area contributed by atoms with Crippen LogP contribution in [0.1, 0.15) is 38.3 Å². The van der Waals surface area contributed by atoms with Crippen molar-refractivity contribution >= 4 is 28.3 Å². The van der Waals surface area contributed by atoms with Gasteiger partial charge in [0.1, 0.15) is 5.00 Å². The molecule has 0 aromatic carbocycles. The molecule has 0 aliphatic heterocycles. The number of anilines is 1. The number of urea groups is 1. The molecule has 18 heavy (non-hydrogen) atoms. The first-order valence-electron chi connectivity index (χ1n) is 5.70. The number of carbonyl (C=O) groups excluding carboxylic acids is 1. The lowest BCUT2D eigenvalue weighted by Crippen LogP contribution is -2.29. The standard InChI is InChI=1S/C11H17N3O3S/c1-7(2)9-10(18-6-13-9)14-11(17)12-5-3-4-8(15)16/h6-7H,3-5H2,1-2H3,(H,15,16)(H2,12,14,17). The Kier molecular flexibility index (Phi) is 5.57. The van der Waals surface area contributed by atoms with E-state index in [0.29, 0.717) is 13.0 Å². The van der Waals surface area contributed by atoms with E-state index in [1.165, 1.54) is 11.3 Å². The van der Waals surface area contributed by atoms with Crippen LogP contribution in [0.15, 0.2) is 5.51 Å². The molecular formula is C11H17N3O3S. The zero-order valence-corrected chi connectivity index (χ0v) is 11.2. The van der Waals surface area contributed by atoms with Crippen LogP contribution in [0.2, 0.25) is 0 Å². The summed E-state index contributed by atoms with van der Waals surface area (Å²) in [6.07, 6.45) is 0.473. The van der Waals surface area contributed by atoms with Crippen LogP contribution in [0.25, 0.3) is 0 Å². The van der Waals surface area contributed by atoms with Crippen LogP contribution in [0, 0.1) is 0 Å². The van der Waals surface area contributed by atoms with Gasteiger partial charge in [-0.05, 0) is 12.3 Å². The van der Waals surface area contributed by atoms with Gasteiger partial charge in [-0.15, -0.1) is 11.3 Å². The number of amides is 2. The molecule has 0 spiro atoms. The molecule has 0 aliphatic rings. The summed E-state index contributed by atoms with van der Waals surface area (Å²) in [5.41, 5.74) is 2.55. The first kappa shape index (κ1) is 14.4. The minimum Gasteiger partial charge on any atom is -0.481 e. The van der Waals surface area contributed by atoms with Gasteiger partial charge in [0.15, 0.2) is 0 Å². The quantitative estimate of drug-likeness (QED) is 0.692. The van der Waals surface area contributed by atoms with Crippen molar-refractivity contribution in [2.45, 2.75) is 32.6 Å². The van der Waals surface area contributed by atoms with E-state index in [-0.39, 0.29) is 18.4 Å². The molecule has 3 N–H and O–H groups in total. The maximum absolute atomic E-state index is 11.5. The summed E-state index contributed by atoms with van der Waals surface area (Å²) in [5.74, 6) is -0.611. The molecule has 7 heteroatoms. The molecule has 0 saturated heterocycles. The summed E-state index contributed by atoms with van der Waals surface area (Å²) in [6, 6.07) is -0.327. The average molecular weight is 271 g/mol. The number of carboxylic acid groups (broad SMARTS) is 1. The molecule has 0 fully saturated rings. The van der Waals surface area contributed by atoms with Gasteiger partial charge in [-0.25, -0.2) is 9.78 Å². The van der Waals surface area contributed by atoms with Crippen LogP contribution in [0.5, 0.6) is 0 Å². The number of nitrogens with one attached hydrogen (secondary N) is 2. The second-order valence-corrected chi connectivity index (χ2v) is 4.95. The van der Waals surface area contributed by atoms with Crippen molar-refractivity contribution in [3.05, 3.63) is 11.2 Å². The SMILES string of the molecule is CC(C)c1ncsc1NC(=O)NCCCC(=O)O. The number of thiazole rings is 1. The summed E-state index contributed by atoms with van der Waals surface area (Å²) in [7, 11) is 0. The van der Waals surface area contributed by atoms with E-state index in [4.69, 9.17) is 5.11 Å². The topological polar surface area (TPSA) is 91.3 Å². The average Bonchev–Trinajstić information content (AvgIpc) is 2.72. The lowest BCUT2D eigenvalue weighted by Gasteiger charge is -2.08. The second kappa shape index (κ2) is 6.95. The maximum Gasteiger partial charge on any atom is 0.319 e. The molecule has 1 heterocycles. The van der Waals surface area contributed by atoms with Crippen molar-refractivity contribution in [2.75, 3.05) is 11.9 Å². The number of aromatic nitrogens is 1. The number of hydrogen-bond acceptors (Lipinski definition) is 4. The molecule has 0 radical (unpaired) electrons. The highest BCUT2D eigenvalue weighted by molar-refractivity contribution is 7.14. The lowest BCUT2D eigenvalue weighted by molar-refractivity contribution is -0.137. The molecule has 0 bridgehead atoms. The van der Waals surface area contributed by atoms with Crippen LogP contribution in [-0.2, 0) is 4.79 Å². The lowest BCUT2D eigenvalue weighted by atomic mass is 10.1. The highest BCUT2D eigenvalue weighted by Gasteiger charge is 2.12. The van der Waals surface area contributed by atoms with E-state index < -0.39 is 5.97 Å². The number of carboxylic acids is 1. The fourth-order valence-electron chi connectivity index (χ4n) is 1.35. The normalized spacial score (nSPS) is 10.4. The zero-order chi connectivity index (χ0) is 13.5. The van der Waals surface area contributed by atoms with Gasteiger partial charge < -0.3 is 10.4 Å². The molecule has 0 unspecified atom stereocenters. The van der Waals surface area contributed by atoms with Gasteiger partial charge in [0, 0.05) is 13.0 Å². The van der Waals surface area contributed by atoms with Crippen molar-refractivity contribution in [3.8, 4) is 0 Å². The van der Waals surface area contributed by atoms with Gasteiger partial charge in [0.2, 0.25) is 0 Å². The fourth-order valence-corrected chi connectivity index (χ4v) is 2.18. The number of carbonyl (C=O) groups is 2. The van der Waals surface area contributed by atoms with Gasteiger partial charge in [-0.3, -0.25) is 10.1 Å². The molecule has 100 valence electrons. The highest BCUT2D eigenvalue weighted by Crippen LogP contribution is 2.26. The van der Waals surface area contributed by atoms with Crippen LogP contribution in [-0.4, -0.2) is 28.6 Å². The molecule has 0 aliphatic carbocycles. The van der Waals surface area contributed by atoms with Crippen LogP contribution < -0.4 is 10.6 Å². The van der Waals surface area contributed by atoms with Crippen molar-refractivity contribution in [3.63, 3.8) is 0 Å². The van der Waals surface area contributed by atoms with E-state index in [9.17, 15) is 9.59 Å². The molecule has 6 nitrogen and oxygen atoms in total. The van der Waals surface area contributed by atoms with Crippen LogP contribution in [0.3, 0.4) is 0 Å². The first-order chi connectivity index (χ1) is 8.50. The Morgan fingerprint density at radius 1 is 1.50 bits per heavy atom. The Morgan fingerprint density at radius 3 is 2.83 bits per heavy atom. The summed E-state index contributed by atoms with van der Waals surface area (Å²) < 4.78 is 0. The van der Waals surface area contributed by atoms with Crippen molar-refractivity contribution < 1.29 is 14.7 Å². The Labute approximate surface area is 109 Å². The Hall–Kier alpha value is -1.63. The molecule has 0 atom stereocenters. The predicted octanol–water partition coefficient (Wildman–Crippen LogP) is 2.25. The van der Waals surface area contributed by atoms with Gasteiger partial charge in [-0.1, -0.05) is 13.8 Å². The number of hydrogen-bond donors (Lipinski definition) is 3. The number of nitrogens with zero attached hydrogens (tertiary/aromatic N) is 1. The van der Waals surface area contributed by atoms with E-state index in [1.54, 1.807) is 5.51 Å². The summed E-state index contributed by atoms with van der Waals surface area (Å²) in [6.45, 7) is 4.35. The molecular weight excluding hydrogens is 254 g/mol. The fraction of sp³-hybridized carbons (Fsp3) is 0.545. The van der Waals surface area contributed by atoms with Gasteiger partial charge in [0.05, 0.1) is 11.2 Å². The maximum atomic E-state index is 11.5. The third kappa shape index (κ3) is 4.70. The Balaban J connectivity index is 2.35. The molecule has 2 amide bonds. The smallest absolute Gasteiger partial charge is 0.319 e. The molecule has 1 rings (SSSR count). The summed E-state index contributed by atoms with van der Waals surface area (Å²) in [4.78, 5) is 26.0. The van der Waals surface area contributed by atoms with Crippen LogP contribution in [0.4, 0.5) is 9.80 Å². The predicted molar refractivity (Wildman–Crippen MR) is 70.1 cm³/mol. The minimum absolute atomic E-state index is 0.0537. The monoisotopic (exact) mass is 271 g/mol. The molecule has 1 aromatic heterocycles.